The van der Waals surface area contributed by atoms with Crippen LogP contribution < -0.4 is 11.5 Å². The first kappa shape index (κ1) is 20.1. The Bertz CT molecular complexity index is 604. The number of ether oxygens (including phenoxy) is 1. The summed E-state index contributed by atoms with van der Waals surface area (Å²) in [4.78, 5) is 26.4. The summed E-state index contributed by atoms with van der Waals surface area (Å²) in [5.74, 6) is -0.524. The first-order valence-electron chi connectivity index (χ1n) is 9.28. The number of carbonyl (C=O) groups is 2. The number of hydrogen-bond acceptors (Lipinski definition) is 5. The van der Waals surface area contributed by atoms with Gasteiger partial charge in [0.2, 0.25) is 5.91 Å². The highest BCUT2D eigenvalue weighted by Crippen LogP contribution is 2.20. The van der Waals surface area contributed by atoms with Gasteiger partial charge in [-0.05, 0) is 43.9 Å². The average molecular weight is 359 g/mol. The van der Waals surface area contributed by atoms with Gasteiger partial charge in [-0.25, -0.2) is 4.79 Å². The summed E-state index contributed by atoms with van der Waals surface area (Å²) in [5, 5.41) is 0. The lowest BCUT2D eigenvalue weighted by atomic mass is 10.1. The molecule has 1 heterocycles. The maximum absolute atomic E-state index is 12.5. The number of likely N-dealkylation sites (tertiary alicyclic amines) is 1. The molecule has 1 fully saturated rings. The van der Waals surface area contributed by atoms with Crippen molar-refractivity contribution in [3.05, 3.63) is 42.0 Å². The van der Waals surface area contributed by atoms with E-state index in [1.165, 1.54) is 0 Å². The summed E-state index contributed by atoms with van der Waals surface area (Å²) in [6.07, 6.45) is 7.37. The zero-order valence-electron chi connectivity index (χ0n) is 15.2. The number of rotatable bonds is 9. The van der Waals surface area contributed by atoms with Gasteiger partial charge >= 0.3 is 5.97 Å². The van der Waals surface area contributed by atoms with Crippen molar-refractivity contribution in [2.24, 2.45) is 11.5 Å². The molecule has 1 aliphatic rings. The Balaban J connectivity index is 1.81. The fourth-order valence-corrected chi connectivity index (χ4v) is 3.10. The molecule has 1 amide bonds. The highest BCUT2D eigenvalue weighted by Gasteiger charge is 2.36. The Hall–Kier alpha value is -2.18. The molecule has 1 aromatic carbocycles. The Labute approximate surface area is 155 Å². The summed E-state index contributed by atoms with van der Waals surface area (Å²) < 4.78 is 5.33. The molecule has 0 spiro atoms. The third kappa shape index (κ3) is 5.97. The van der Waals surface area contributed by atoms with Crippen LogP contribution >= 0.6 is 0 Å². The van der Waals surface area contributed by atoms with E-state index in [1.54, 1.807) is 11.0 Å². The fourth-order valence-electron chi connectivity index (χ4n) is 3.10. The first-order chi connectivity index (χ1) is 12.6. The minimum atomic E-state index is -0.576. The molecule has 0 saturated carbocycles. The van der Waals surface area contributed by atoms with Crippen LogP contribution in [-0.4, -0.2) is 48.6 Å². The van der Waals surface area contributed by atoms with Crippen molar-refractivity contribution < 1.29 is 14.3 Å². The molecule has 4 N–H and O–H groups in total. The lowest BCUT2D eigenvalue weighted by molar-refractivity contribution is -0.152. The van der Waals surface area contributed by atoms with Crippen molar-refractivity contribution in [2.75, 3.05) is 19.7 Å². The summed E-state index contributed by atoms with van der Waals surface area (Å²) >= 11 is 0. The quantitative estimate of drug-likeness (QED) is 0.516. The molecular formula is C20H29N3O3. The highest BCUT2D eigenvalue weighted by molar-refractivity contribution is 5.88. The van der Waals surface area contributed by atoms with Crippen LogP contribution in [0.15, 0.2) is 36.4 Å². The molecule has 0 bridgehead atoms. The van der Waals surface area contributed by atoms with Crippen molar-refractivity contribution in [1.82, 2.24) is 4.90 Å². The zero-order chi connectivity index (χ0) is 18.8. The molecule has 142 valence electrons. The van der Waals surface area contributed by atoms with Crippen molar-refractivity contribution in [3.63, 3.8) is 0 Å². The van der Waals surface area contributed by atoms with Gasteiger partial charge in [-0.1, -0.05) is 42.8 Å². The minimum absolute atomic E-state index is 0.165. The van der Waals surface area contributed by atoms with Crippen LogP contribution in [0.25, 0.3) is 6.08 Å². The van der Waals surface area contributed by atoms with Crippen molar-refractivity contribution in [2.45, 2.75) is 44.2 Å². The largest absolute Gasteiger partial charge is 0.460 e. The van der Waals surface area contributed by atoms with Crippen LogP contribution in [0, 0.1) is 0 Å². The standard InChI is InChI=1S/C20H29N3O3/c21-13-5-4-11-17(22)19(24)23-14-6-12-18(23)20(25)26-15-7-10-16-8-2-1-3-9-16/h1-3,7-10,17-18H,4-6,11-15,21-22H2/b10-7+/t17?,18-/m0/s1. The Kier molecular flexibility index (Phi) is 8.31. The second kappa shape index (κ2) is 10.7. The predicted molar refractivity (Wildman–Crippen MR) is 102 cm³/mol. The molecule has 0 radical (unpaired) electrons. The number of nitrogens with zero attached hydrogens (tertiary/aromatic N) is 1. The van der Waals surface area contributed by atoms with Gasteiger partial charge in [0.25, 0.3) is 0 Å². The van der Waals surface area contributed by atoms with E-state index in [-0.39, 0.29) is 18.5 Å². The summed E-state index contributed by atoms with van der Waals surface area (Å²) in [7, 11) is 0. The topological polar surface area (TPSA) is 98.6 Å². The zero-order valence-corrected chi connectivity index (χ0v) is 15.2. The molecule has 6 heteroatoms. The SMILES string of the molecule is NCCCCC(N)C(=O)N1CCC[C@H]1C(=O)OC/C=C/c1ccccc1. The predicted octanol–water partition coefficient (Wildman–Crippen LogP) is 1.69. The van der Waals surface area contributed by atoms with Gasteiger partial charge in [-0.2, -0.15) is 0 Å². The smallest absolute Gasteiger partial charge is 0.329 e. The van der Waals surface area contributed by atoms with E-state index in [2.05, 4.69) is 0 Å². The highest BCUT2D eigenvalue weighted by atomic mass is 16.5. The normalized spacial score (nSPS) is 18.2. The van der Waals surface area contributed by atoms with Gasteiger partial charge < -0.3 is 21.1 Å². The monoisotopic (exact) mass is 359 g/mol. The third-order valence-corrected chi connectivity index (χ3v) is 4.53. The van der Waals surface area contributed by atoms with Crippen LogP contribution in [0.4, 0.5) is 0 Å². The Morgan fingerprint density at radius 2 is 2.04 bits per heavy atom. The number of nitrogens with two attached hydrogens (primary N) is 2. The summed E-state index contributed by atoms with van der Waals surface area (Å²) in [6, 6.07) is 8.70. The van der Waals surface area contributed by atoms with Gasteiger partial charge in [0, 0.05) is 6.54 Å². The second-order valence-electron chi connectivity index (χ2n) is 6.52. The van der Waals surface area contributed by atoms with E-state index >= 15 is 0 Å². The maximum atomic E-state index is 12.5. The Morgan fingerprint density at radius 3 is 2.77 bits per heavy atom. The molecule has 0 aliphatic carbocycles. The van der Waals surface area contributed by atoms with Gasteiger partial charge in [-0.3, -0.25) is 4.79 Å². The molecular weight excluding hydrogens is 330 g/mol. The number of benzene rings is 1. The summed E-state index contributed by atoms with van der Waals surface area (Å²) in [5.41, 5.74) is 12.5. The Morgan fingerprint density at radius 1 is 1.27 bits per heavy atom. The fraction of sp³-hybridized carbons (Fsp3) is 0.500. The number of carbonyl (C=O) groups excluding carboxylic acids is 2. The molecule has 1 saturated heterocycles. The van der Waals surface area contributed by atoms with E-state index in [0.717, 1.165) is 24.8 Å². The van der Waals surface area contributed by atoms with Gasteiger partial charge in [0.15, 0.2) is 0 Å². The van der Waals surface area contributed by atoms with Crippen LogP contribution in [0.2, 0.25) is 0 Å². The van der Waals surface area contributed by atoms with Crippen molar-refractivity contribution in [3.8, 4) is 0 Å². The van der Waals surface area contributed by atoms with E-state index in [9.17, 15) is 9.59 Å². The summed E-state index contributed by atoms with van der Waals surface area (Å²) in [6.45, 7) is 1.34. The van der Waals surface area contributed by atoms with Gasteiger partial charge in [0.05, 0.1) is 6.04 Å². The number of unbranched alkanes of at least 4 members (excludes halogenated alkanes) is 1. The average Bonchev–Trinajstić information content (AvgIpc) is 3.15. The van der Waals surface area contributed by atoms with Crippen molar-refractivity contribution in [1.29, 1.82) is 0 Å². The number of amides is 1. The molecule has 0 aromatic heterocycles. The minimum Gasteiger partial charge on any atom is -0.460 e. The van der Waals surface area contributed by atoms with Crippen LogP contribution in [0.5, 0.6) is 0 Å². The molecule has 26 heavy (non-hydrogen) atoms. The molecule has 6 nitrogen and oxygen atoms in total. The van der Waals surface area contributed by atoms with Gasteiger partial charge in [-0.15, -0.1) is 0 Å². The maximum Gasteiger partial charge on any atom is 0.329 e. The van der Waals surface area contributed by atoms with E-state index in [1.807, 2.05) is 36.4 Å². The molecule has 1 aromatic rings. The van der Waals surface area contributed by atoms with Crippen LogP contribution in [0.3, 0.4) is 0 Å². The van der Waals surface area contributed by atoms with Crippen molar-refractivity contribution >= 4 is 18.0 Å². The van der Waals surface area contributed by atoms with E-state index in [0.29, 0.717) is 25.9 Å². The molecule has 2 rings (SSSR count). The molecule has 1 aliphatic heterocycles. The van der Waals surface area contributed by atoms with Crippen LogP contribution in [0.1, 0.15) is 37.7 Å². The van der Waals surface area contributed by atoms with E-state index in [4.69, 9.17) is 16.2 Å². The first-order valence-corrected chi connectivity index (χ1v) is 9.28. The molecule has 2 atom stereocenters. The van der Waals surface area contributed by atoms with E-state index < -0.39 is 12.1 Å². The lowest BCUT2D eigenvalue weighted by Gasteiger charge is -2.26. The molecule has 1 unspecified atom stereocenters. The third-order valence-electron chi connectivity index (χ3n) is 4.53. The van der Waals surface area contributed by atoms with Gasteiger partial charge in [0.1, 0.15) is 12.6 Å². The number of hydrogen-bond donors (Lipinski definition) is 2. The second-order valence-corrected chi connectivity index (χ2v) is 6.52. The lowest BCUT2D eigenvalue weighted by Crippen LogP contribution is -2.48. The number of esters is 1. The van der Waals surface area contributed by atoms with Crippen LogP contribution in [-0.2, 0) is 14.3 Å².